The highest BCUT2D eigenvalue weighted by Crippen LogP contribution is 2.24. The Kier molecular flexibility index (Phi) is 4.99. The van der Waals surface area contributed by atoms with Gasteiger partial charge in [-0.1, -0.05) is 42.9 Å². The highest BCUT2D eigenvalue weighted by molar-refractivity contribution is 7.94. The summed E-state index contributed by atoms with van der Waals surface area (Å²) in [4.78, 5) is 11.5. The van der Waals surface area contributed by atoms with Crippen LogP contribution in [0.4, 0.5) is 10.8 Å². The van der Waals surface area contributed by atoms with Crippen molar-refractivity contribution in [1.29, 1.82) is 0 Å². The Labute approximate surface area is 136 Å². The molecule has 1 amide bonds. The zero-order valence-electron chi connectivity index (χ0n) is 11.7. The average molecular weight is 361 g/mol. The van der Waals surface area contributed by atoms with Crippen LogP contribution in [0.15, 0.2) is 28.6 Å². The minimum atomic E-state index is -3.88. The van der Waals surface area contributed by atoms with Crippen molar-refractivity contribution < 1.29 is 13.2 Å². The van der Waals surface area contributed by atoms with Gasteiger partial charge in [-0.2, -0.15) is 8.42 Å². The van der Waals surface area contributed by atoms with E-state index >= 15 is 0 Å². The highest BCUT2D eigenvalue weighted by Gasteiger charge is 2.21. The zero-order valence-corrected chi connectivity index (χ0v) is 14.1. The molecule has 0 saturated carbocycles. The Hall–Kier alpha value is -1.71. The lowest BCUT2D eigenvalue weighted by Crippen LogP contribution is -2.17. The Balaban J connectivity index is 2.17. The van der Waals surface area contributed by atoms with Crippen molar-refractivity contribution >= 4 is 49.7 Å². The minimum Gasteiger partial charge on any atom is -0.300 e. The maximum Gasteiger partial charge on any atom is 0.291 e. The van der Waals surface area contributed by atoms with E-state index in [4.69, 9.17) is 11.6 Å². The van der Waals surface area contributed by atoms with Crippen LogP contribution in [0, 0.1) is 5.92 Å². The van der Waals surface area contributed by atoms with Gasteiger partial charge in [0.15, 0.2) is 0 Å². The maximum atomic E-state index is 12.2. The topological polar surface area (TPSA) is 101 Å². The van der Waals surface area contributed by atoms with E-state index in [1.54, 1.807) is 32.0 Å². The third-order valence-electron chi connectivity index (χ3n) is 2.47. The second-order valence-corrected chi connectivity index (χ2v) is 7.90. The van der Waals surface area contributed by atoms with Crippen molar-refractivity contribution in [3.05, 3.63) is 29.3 Å². The predicted molar refractivity (Wildman–Crippen MR) is 85.6 cm³/mol. The van der Waals surface area contributed by atoms with Crippen LogP contribution >= 0.6 is 22.9 Å². The Bertz CT molecular complexity index is 789. The SMILES string of the molecule is CC(C)C(=O)Nc1nnc(S(=O)(=O)Nc2cccc(Cl)c2)s1. The van der Waals surface area contributed by atoms with Gasteiger partial charge in [0.25, 0.3) is 14.4 Å². The molecule has 0 saturated heterocycles. The lowest BCUT2D eigenvalue weighted by atomic mass is 10.2. The van der Waals surface area contributed by atoms with Crippen LogP contribution < -0.4 is 10.0 Å². The molecule has 2 rings (SSSR count). The number of carbonyl (C=O) groups is 1. The smallest absolute Gasteiger partial charge is 0.291 e. The lowest BCUT2D eigenvalue weighted by Gasteiger charge is -2.05. The van der Waals surface area contributed by atoms with E-state index < -0.39 is 10.0 Å². The Morgan fingerprint density at radius 1 is 1.32 bits per heavy atom. The zero-order chi connectivity index (χ0) is 16.3. The van der Waals surface area contributed by atoms with E-state index in [1.165, 1.54) is 6.07 Å². The molecule has 0 fully saturated rings. The van der Waals surface area contributed by atoms with Crippen LogP contribution in [0.1, 0.15) is 13.8 Å². The third kappa shape index (κ3) is 4.15. The first-order valence-electron chi connectivity index (χ1n) is 6.20. The number of halogens is 1. The Morgan fingerprint density at radius 3 is 2.68 bits per heavy atom. The van der Waals surface area contributed by atoms with Gasteiger partial charge in [0.05, 0.1) is 5.69 Å². The minimum absolute atomic E-state index is 0.130. The molecule has 118 valence electrons. The number of sulfonamides is 1. The molecule has 1 aromatic heterocycles. The van der Waals surface area contributed by atoms with Gasteiger partial charge in [-0.25, -0.2) is 0 Å². The number of amides is 1. The molecule has 2 N–H and O–H groups in total. The first-order valence-corrected chi connectivity index (χ1v) is 8.88. The van der Waals surface area contributed by atoms with E-state index in [-0.39, 0.29) is 21.3 Å². The van der Waals surface area contributed by atoms with Crippen LogP contribution in [0.25, 0.3) is 0 Å². The third-order valence-corrected chi connectivity index (χ3v) is 5.29. The molecule has 0 spiro atoms. The average Bonchev–Trinajstić information content (AvgIpc) is 2.87. The van der Waals surface area contributed by atoms with Gasteiger partial charge in [-0.15, -0.1) is 10.2 Å². The normalized spacial score (nSPS) is 11.5. The van der Waals surface area contributed by atoms with Gasteiger partial charge >= 0.3 is 0 Å². The highest BCUT2D eigenvalue weighted by atomic mass is 35.5. The second-order valence-electron chi connectivity index (χ2n) is 4.63. The molecular formula is C12H13ClN4O3S2. The number of aromatic nitrogens is 2. The molecule has 0 atom stereocenters. The number of nitrogens with one attached hydrogen (secondary N) is 2. The van der Waals surface area contributed by atoms with E-state index in [9.17, 15) is 13.2 Å². The molecule has 0 aliphatic heterocycles. The fourth-order valence-electron chi connectivity index (χ4n) is 1.37. The van der Waals surface area contributed by atoms with Gasteiger partial charge < -0.3 is 5.32 Å². The van der Waals surface area contributed by atoms with Crippen LogP contribution in [0.2, 0.25) is 5.02 Å². The molecule has 0 bridgehead atoms. The number of rotatable bonds is 5. The molecular weight excluding hydrogens is 348 g/mol. The number of nitrogens with zero attached hydrogens (tertiary/aromatic N) is 2. The quantitative estimate of drug-likeness (QED) is 0.798. The molecule has 0 aliphatic carbocycles. The molecule has 1 heterocycles. The number of benzene rings is 1. The molecule has 0 aliphatic rings. The van der Waals surface area contributed by atoms with E-state index in [2.05, 4.69) is 20.2 Å². The van der Waals surface area contributed by atoms with Crippen molar-refractivity contribution in [3.8, 4) is 0 Å². The van der Waals surface area contributed by atoms with E-state index in [0.29, 0.717) is 10.7 Å². The predicted octanol–water partition coefficient (Wildman–Crippen LogP) is 2.59. The Morgan fingerprint density at radius 2 is 2.05 bits per heavy atom. The van der Waals surface area contributed by atoms with Crippen molar-refractivity contribution in [2.24, 2.45) is 5.92 Å². The summed E-state index contributed by atoms with van der Waals surface area (Å²) in [6.45, 7) is 3.43. The molecule has 10 heteroatoms. The molecule has 22 heavy (non-hydrogen) atoms. The number of anilines is 2. The van der Waals surface area contributed by atoms with Crippen molar-refractivity contribution in [2.75, 3.05) is 10.0 Å². The van der Waals surface area contributed by atoms with Gasteiger partial charge in [-0.05, 0) is 18.2 Å². The summed E-state index contributed by atoms with van der Waals surface area (Å²) in [5.74, 6) is -0.503. The number of hydrogen-bond donors (Lipinski definition) is 2. The molecule has 2 aromatic rings. The summed E-state index contributed by atoms with van der Waals surface area (Å²) in [5, 5.41) is 10.3. The molecule has 7 nitrogen and oxygen atoms in total. The van der Waals surface area contributed by atoms with Gasteiger partial charge in [0.2, 0.25) is 11.0 Å². The summed E-state index contributed by atoms with van der Waals surface area (Å²) in [6.07, 6.45) is 0. The summed E-state index contributed by atoms with van der Waals surface area (Å²) in [5.41, 5.74) is 0.315. The van der Waals surface area contributed by atoms with Crippen molar-refractivity contribution in [2.45, 2.75) is 18.2 Å². The van der Waals surface area contributed by atoms with Crippen LogP contribution in [-0.2, 0) is 14.8 Å². The fraction of sp³-hybridized carbons (Fsp3) is 0.250. The summed E-state index contributed by atoms with van der Waals surface area (Å²) >= 11 is 6.57. The summed E-state index contributed by atoms with van der Waals surface area (Å²) in [6, 6.07) is 6.28. The maximum absolute atomic E-state index is 12.2. The largest absolute Gasteiger partial charge is 0.300 e. The fourth-order valence-corrected chi connectivity index (χ4v) is 3.51. The summed E-state index contributed by atoms with van der Waals surface area (Å²) < 4.78 is 26.5. The first kappa shape index (κ1) is 16.7. The summed E-state index contributed by atoms with van der Waals surface area (Å²) in [7, 11) is -3.88. The molecule has 0 radical (unpaired) electrons. The van der Waals surface area contributed by atoms with Crippen LogP contribution in [-0.4, -0.2) is 24.5 Å². The van der Waals surface area contributed by atoms with Crippen LogP contribution in [0.5, 0.6) is 0 Å². The van der Waals surface area contributed by atoms with E-state index in [0.717, 1.165) is 11.3 Å². The standard InChI is InChI=1S/C12H13ClN4O3S2/c1-7(2)10(18)14-11-15-16-12(21-11)22(19,20)17-9-5-3-4-8(13)6-9/h3-7,17H,1-2H3,(H,14,15,18). The molecule has 0 unspecified atom stereocenters. The van der Waals surface area contributed by atoms with Gasteiger partial charge in [0.1, 0.15) is 0 Å². The monoisotopic (exact) mass is 360 g/mol. The van der Waals surface area contributed by atoms with Crippen molar-refractivity contribution in [3.63, 3.8) is 0 Å². The number of hydrogen-bond acceptors (Lipinski definition) is 6. The van der Waals surface area contributed by atoms with Gasteiger partial charge in [-0.3, -0.25) is 9.52 Å². The number of carbonyl (C=O) groups excluding carboxylic acids is 1. The van der Waals surface area contributed by atoms with E-state index in [1.807, 2.05) is 0 Å². The van der Waals surface area contributed by atoms with Crippen molar-refractivity contribution in [1.82, 2.24) is 10.2 Å². The first-order chi connectivity index (χ1) is 10.3. The molecule has 1 aromatic carbocycles. The van der Waals surface area contributed by atoms with Gasteiger partial charge in [0, 0.05) is 10.9 Å². The van der Waals surface area contributed by atoms with Crippen LogP contribution in [0.3, 0.4) is 0 Å². The second kappa shape index (κ2) is 6.59. The lowest BCUT2D eigenvalue weighted by molar-refractivity contribution is -0.118.